The van der Waals surface area contributed by atoms with Crippen LogP contribution in [-0.2, 0) is 0 Å². The van der Waals surface area contributed by atoms with Gasteiger partial charge in [-0.1, -0.05) is 0 Å². The predicted molar refractivity (Wildman–Crippen MR) is 68.4 cm³/mol. The summed E-state index contributed by atoms with van der Waals surface area (Å²) in [4.78, 5) is 22.1. The Labute approximate surface area is 105 Å². The average Bonchev–Trinajstić information content (AvgIpc) is 2.28. The second-order valence-electron chi connectivity index (χ2n) is 4.80. The highest BCUT2D eigenvalue weighted by molar-refractivity contribution is 5.96. The molecule has 0 aromatic heterocycles. The molecule has 6 nitrogen and oxygen atoms in total. The second kappa shape index (κ2) is 5.14. The Kier molecular flexibility index (Phi) is 4.03. The normalized spacial score (nSPS) is 11.1. The molecule has 0 radical (unpaired) electrons. The quantitative estimate of drug-likeness (QED) is 0.623. The van der Waals surface area contributed by atoms with Gasteiger partial charge in [0.05, 0.1) is 4.92 Å². The molecule has 0 bridgehead atoms. The Hall–Kier alpha value is -1.95. The van der Waals surface area contributed by atoms with Crippen LogP contribution in [0.2, 0.25) is 0 Å². The zero-order valence-corrected chi connectivity index (χ0v) is 10.7. The summed E-state index contributed by atoms with van der Waals surface area (Å²) < 4.78 is 0. The Morgan fingerprint density at radius 1 is 1.50 bits per heavy atom. The highest BCUT2D eigenvalue weighted by Gasteiger charge is 2.21. The lowest BCUT2D eigenvalue weighted by Crippen LogP contribution is -2.49. The third kappa shape index (κ3) is 3.27. The van der Waals surface area contributed by atoms with Crippen molar-refractivity contribution >= 4 is 11.6 Å². The number of benzene rings is 1. The number of amides is 1. The number of nitrogens with two attached hydrogens (primary N) is 1. The number of carbonyl (C=O) groups excluding carboxylic acids is 1. The fourth-order valence-corrected chi connectivity index (χ4v) is 1.44. The predicted octanol–water partition coefficient (Wildman–Crippen LogP) is 1.37. The van der Waals surface area contributed by atoms with E-state index in [9.17, 15) is 14.9 Å². The van der Waals surface area contributed by atoms with Gasteiger partial charge in [0.15, 0.2) is 0 Å². The van der Waals surface area contributed by atoms with Gasteiger partial charge in [-0.25, -0.2) is 0 Å². The van der Waals surface area contributed by atoms with Gasteiger partial charge in [0.25, 0.3) is 11.6 Å². The van der Waals surface area contributed by atoms with Gasteiger partial charge in [-0.05, 0) is 32.4 Å². The molecule has 1 rings (SSSR count). The molecular formula is C12H17N3O3. The smallest absolute Gasteiger partial charge is 0.269 e. The van der Waals surface area contributed by atoms with Crippen LogP contribution in [0.1, 0.15) is 29.8 Å². The molecule has 0 aliphatic rings. The lowest BCUT2D eigenvalue weighted by molar-refractivity contribution is -0.384. The van der Waals surface area contributed by atoms with Crippen molar-refractivity contribution in [1.29, 1.82) is 0 Å². The first-order valence-electron chi connectivity index (χ1n) is 5.54. The van der Waals surface area contributed by atoms with E-state index < -0.39 is 10.5 Å². The molecule has 18 heavy (non-hydrogen) atoms. The van der Waals surface area contributed by atoms with Gasteiger partial charge in [0.2, 0.25) is 0 Å². The molecule has 0 atom stereocenters. The van der Waals surface area contributed by atoms with E-state index in [1.54, 1.807) is 6.92 Å². The van der Waals surface area contributed by atoms with E-state index in [1.807, 2.05) is 13.8 Å². The van der Waals surface area contributed by atoms with Crippen LogP contribution in [0.15, 0.2) is 18.2 Å². The average molecular weight is 251 g/mol. The zero-order valence-electron chi connectivity index (χ0n) is 10.7. The third-order valence-corrected chi connectivity index (χ3v) is 2.63. The van der Waals surface area contributed by atoms with E-state index in [2.05, 4.69) is 5.32 Å². The van der Waals surface area contributed by atoms with Gasteiger partial charge in [-0.15, -0.1) is 0 Å². The molecule has 0 aliphatic heterocycles. The number of non-ortho nitro benzene ring substituents is 1. The van der Waals surface area contributed by atoms with Crippen molar-refractivity contribution in [3.63, 3.8) is 0 Å². The van der Waals surface area contributed by atoms with Crippen LogP contribution in [0.4, 0.5) is 5.69 Å². The lowest BCUT2D eigenvalue weighted by atomic mass is 10.0. The molecule has 1 aromatic rings. The van der Waals surface area contributed by atoms with Gasteiger partial charge in [0, 0.05) is 29.8 Å². The number of carbonyl (C=O) groups is 1. The van der Waals surface area contributed by atoms with Crippen LogP contribution in [0.25, 0.3) is 0 Å². The second-order valence-corrected chi connectivity index (χ2v) is 4.80. The van der Waals surface area contributed by atoms with Crippen molar-refractivity contribution < 1.29 is 9.72 Å². The van der Waals surface area contributed by atoms with Gasteiger partial charge in [-0.2, -0.15) is 0 Å². The van der Waals surface area contributed by atoms with Crippen molar-refractivity contribution in [2.45, 2.75) is 26.3 Å². The minimum Gasteiger partial charge on any atom is -0.346 e. The Balaban J connectivity index is 2.97. The zero-order chi connectivity index (χ0) is 13.9. The number of aryl methyl sites for hydroxylation is 1. The number of nitrogens with one attached hydrogen (secondary N) is 1. The highest BCUT2D eigenvalue weighted by atomic mass is 16.6. The SMILES string of the molecule is Cc1cc([N+](=O)[O-])ccc1C(=O)NC(C)(C)CN. The topological polar surface area (TPSA) is 98.3 Å². The Bertz CT molecular complexity index is 483. The van der Waals surface area contributed by atoms with Crippen LogP contribution in [0.3, 0.4) is 0 Å². The summed E-state index contributed by atoms with van der Waals surface area (Å²) in [6.07, 6.45) is 0. The van der Waals surface area contributed by atoms with Crippen molar-refractivity contribution in [3.05, 3.63) is 39.4 Å². The molecule has 0 fully saturated rings. The van der Waals surface area contributed by atoms with E-state index in [0.29, 0.717) is 17.7 Å². The molecule has 0 saturated carbocycles. The van der Waals surface area contributed by atoms with E-state index in [-0.39, 0.29) is 11.6 Å². The summed E-state index contributed by atoms with van der Waals surface area (Å²) in [5, 5.41) is 13.4. The number of nitro benzene ring substituents is 1. The molecule has 1 amide bonds. The molecular weight excluding hydrogens is 234 g/mol. The summed E-state index contributed by atoms with van der Waals surface area (Å²) in [6, 6.07) is 4.15. The number of hydrogen-bond donors (Lipinski definition) is 2. The maximum Gasteiger partial charge on any atom is 0.269 e. The van der Waals surface area contributed by atoms with Crippen molar-refractivity contribution in [3.8, 4) is 0 Å². The number of nitrogens with zero attached hydrogens (tertiary/aromatic N) is 1. The number of rotatable bonds is 4. The summed E-state index contributed by atoms with van der Waals surface area (Å²) in [5.41, 5.74) is 5.98. The Morgan fingerprint density at radius 3 is 2.56 bits per heavy atom. The lowest BCUT2D eigenvalue weighted by Gasteiger charge is -2.24. The van der Waals surface area contributed by atoms with Crippen LogP contribution >= 0.6 is 0 Å². The van der Waals surface area contributed by atoms with Gasteiger partial charge in [-0.3, -0.25) is 14.9 Å². The minimum atomic E-state index is -0.509. The van der Waals surface area contributed by atoms with Crippen LogP contribution in [-0.4, -0.2) is 22.9 Å². The Morgan fingerprint density at radius 2 is 2.11 bits per heavy atom. The van der Waals surface area contributed by atoms with E-state index in [1.165, 1.54) is 18.2 Å². The van der Waals surface area contributed by atoms with Gasteiger partial charge >= 0.3 is 0 Å². The maximum absolute atomic E-state index is 12.0. The van der Waals surface area contributed by atoms with Crippen molar-refractivity contribution in [2.24, 2.45) is 5.73 Å². The fraction of sp³-hybridized carbons (Fsp3) is 0.417. The van der Waals surface area contributed by atoms with E-state index in [0.717, 1.165) is 0 Å². The van der Waals surface area contributed by atoms with Crippen molar-refractivity contribution in [2.75, 3.05) is 6.54 Å². The molecule has 3 N–H and O–H groups in total. The van der Waals surface area contributed by atoms with Crippen LogP contribution < -0.4 is 11.1 Å². The summed E-state index contributed by atoms with van der Waals surface area (Å²) in [5.74, 6) is -0.280. The van der Waals surface area contributed by atoms with E-state index in [4.69, 9.17) is 5.73 Å². The van der Waals surface area contributed by atoms with E-state index >= 15 is 0 Å². The molecule has 0 spiro atoms. The van der Waals surface area contributed by atoms with Crippen molar-refractivity contribution in [1.82, 2.24) is 5.32 Å². The molecule has 0 unspecified atom stereocenters. The molecule has 0 saturated heterocycles. The highest BCUT2D eigenvalue weighted by Crippen LogP contribution is 2.17. The van der Waals surface area contributed by atoms with Gasteiger partial charge in [0.1, 0.15) is 0 Å². The first-order chi connectivity index (χ1) is 8.26. The van der Waals surface area contributed by atoms with Gasteiger partial charge < -0.3 is 11.1 Å². The molecule has 6 heteroatoms. The fourth-order valence-electron chi connectivity index (χ4n) is 1.44. The monoisotopic (exact) mass is 251 g/mol. The first-order valence-corrected chi connectivity index (χ1v) is 5.54. The van der Waals surface area contributed by atoms with Crippen LogP contribution in [0.5, 0.6) is 0 Å². The largest absolute Gasteiger partial charge is 0.346 e. The number of nitro groups is 1. The molecule has 0 aliphatic carbocycles. The standard InChI is InChI=1S/C12H17N3O3/c1-8-6-9(15(17)18)4-5-10(8)11(16)14-12(2,3)7-13/h4-6H,7,13H2,1-3H3,(H,14,16). The molecule has 0 heterocycles. The summed E-state index contributed by atoms with van der Waals surface area (Å²) in [7, 11) is 0. The van der Waals surface area contributed by atoms with Crippen LogP contribution in [0, 0.1) is 17.0 Å². The summed E-state index contributed by atoms with van der Waals surface area (Å²) >= 11 is 0. The maximum atomic E-state index is 12.0. The molecule has 1 aromatic carbocycles. The third-order valence-electron chi connectivity index (χ3n) is 2.63. The minimum absolute atomic E-state index is 0.0258. The first kappa shape index (κ1) is 14.1. The molecule has 98 valence electrons. The summed E-state index contributed by atoms with van der Waals surface area (Å²) in [6.45, 7) is 5.60. The number of hydrogen-bond acceptors (Lipinski definition) is 4.